The zero-order valence-corrected chi connectivity index (χ0v) is 7.05. The molecule has 0 saturated carbocycles. The van der Waals surface area contributed by atoms with E-state index in [0.29, 0.717) is 6.04 Å². The molecular formula is C7H15N3O. The molecule has 0 spiro atoms. The molecule has 0 bridgehead atoms. The highest BCUT2D eigenvalue weighted by Gasteiger charge is 2.19. The number of amides is 2. The van der Waals surface area contributed by atoms with Crippen LogP contribution in [0.1, 0.15) is 6.42 Å². The Morgan fingerprint density at radius 1 is 1.64 bits per heavy atom. The minimum atomic E-state index is -0.0784. The average molecular weight is 157 g/mol. The van der Waals surface area contributed by atoms with Crippen molar-refractivity contribution in [3.63, 3.8) is 0 Å². The molecule has 0 aliphatic carbocycles. The lowest BCUT2D eigenvalue weighted by Gasteiger charge is -2.11. The molecular weight excluding hydrogens is 142 g/mol. The molecule has 1 atom stereocenters. The topological polar surface area (TPSA) is 44.4 Å². The highest BCUT2D eigenvalue weighted by molar-refractivity contribution is 5.73. The van der Waals surface area contributed by atoms with Crippen LogP contribution < -0.4 is 10.6 Å². The Morgan fingerprint density at radius 3 is 2.82 bits per heavy atom. The van der Waals surface area contributed by atoms with Crippen molar-refractivity contribution >= 4 is 6.03 Å². The standard InChI is InChI=1S/C7H15N3O/c1-8-7(11)9-6-3-4-10(2)5-6/h6H,3-5H2,1-2H3,(H2,8,9,11). The molecule has 4 heteroatoms. The van der Waals surface area contributed by atoms with Crippen molar-refractivity contribution in [3.8, 4) is 0 Å². The fourth-order valence-electron chi connectivity index (χ4n) is 1.31. The number of carbonyl (C=O) groups excluding carboxylic acids is 1. The predicted molar refractivity (Wildman–Crippen MR) is 43.5 cm³/mol. The monoisotopic (exact) mass is 157 g/mol. The van der Waals surface area contributed by atoms with Crippen LogP contribution in [0.3, 0.4) is 0 Å². The molecule has 1 heterocycles. The maximum atomic E-state index is 10.8. The van der Waals surface area contributed by atoms with Crippen molar-refractivity contribution in [2.24, 2.45) is 0 Å². The first kappa shape index (κ1) is 8.33. The first-order chi connectivity index (χ1) is 5.22. The van der Waals surface area contributed by atoms with Gasteiger partial charge in [0.05, 0.1) is 0 Å². The summed E-state index contributed by atoms with van der Waals surface area (Å²) in [6.07, 6.45) is 1.06. The zero-order valence-electron chi connectivity index (χ0n) is 7.05. The van der Waals surface area contributed by atoms with E-state index in [1.807, 2.05) is 0 Å². The summed E-state index contributed by atoms with van der Waals surface area (Å²) < 4.78 is 0. The van der Waals surface area contributed by atoms with E-state index in [1.54, 1.807) is 7.05 Å². The number of carbonyl (C=O) groups is 1. The molecule has 1 fully saturated rings. The first-order valence-corrected chi connectivity index (χ1v) is 3.89. The van der Waals surface area contributed by atoms with E-state index in [2.05, 4.69) is 22.6 Å². The van der Waals surface area contributed by atoms with E-state index in [1.165, 1.54) is 0 Å². The largest absolute Gasteiger partial charge is 0.341 e. The van der Waals surface area contributed by atoms with E-state index in [0.717, 1.165) is 19.5 Å². The summed E-state index contributed by atoms with van der Waals surface area (Å²) in [5.74, 6) is 0. The van der Waals surface area contributed by atoms with Crippen molar-refractivity contribution in [2.45, 2.75) is 12.5 Å². The molecule has 2 N–H and O–H groups in total. The predicted octanol–water partition coefficient (Wildman–Crippen LogP) is -0.380. The SMILES string of the molecule is CNC(=O)NC1CCN(C)C1. The summed E-state index contributed by atoms with van der Waals surface area (Å²) in [4.78, 5) is 13.0. The third-order valence-electron chi connectivity index (χ3n) is 1.95. The van der Waals surface area contributed by atoms with Gasteiger partial charge in [0.15, 0.2) is 0 Å². The number of rotatable bonds is 1. The molecule has 1 saturated heterocycles. The highest BCUT2D eigenvalue weighted by atomic mass is 16.2. The maximum absolute atomic E-state index is 10.8. The van der Waals surface area contributed by atoms with Gasteiger partial charge in [0.1, 0.15) is 0 Å². The van der Waals surface area contributed by atoms with Gasteiger partial charge in [-0.05, 0) is 20.0 Å². The van der Waals surface area contributed by atoms with Crippen molar-refractivity contribution in [1.82, 2.24) is 15.5 Å². The van der Waals surface area contributed by atoms with Crippen LogP contribution >= 0.6 is 0 Å². The molecule has 1 aliphatic heterocycles. The second kappa shape index (κ2) is 3.57. The molecule has 1 aliphatic rings. The van der Waals surface area contributed by atoms with Crippen molar-refractivity contribution < 1.29 is 4.79 Å². The maximum Gasteiger partial charge on any atom is 0.314 e. The van der Waals surface area contributed by atoms with Gasteiger partial charge in [-0.2, -0.15) is 0 Å². The van der Waals surface area contributed by atoms with Gasteiger partial charge in [-0.1, -0.05) is 0 Å². The Balaban J connectivity index is 2.23. The molecule has 11 heavy (non-hydrogen) atoms. The van der Waals surface area contributed by atoms with Crippen LogP contribution in [0.25, 0.3) is 0 Å². The van der Waals surface area contributed by atoms with Gasteiger partial charge in [0.2, 0.25) is 0 Å². The van der Waals surface area contributed by atoms with Crippen LogP contribution in [0.4, 0.5) is 4.79 Å². The lowest BCUT2D eigenvalue weighted by molar-refractivity contribution is 0.239. The fourth-order valence-corrected chi connectivity index (χ4v) is 1.31. The summed E-state index contributed by atoms with van der Waals surface area (Å²) in [5, 5.41) is 5.41. The van der Waals surface area contributed by atoms with E-state index < -0.39 is 0 Å². The summed E-state index contributed by atoms with van der Waals surface area (Å²) in [7, 11) is 3.69. The average Bonchev–Trinajstić information content (AvgIpc) is 2.35. The van der Waals surface area contributed by atoms with Crippen LogP contribution in [-0.2, 0) is 0 Å². The molecule has 0 radical (unpaired) electrons. The summed E-state index contributed by atoms with van der Waals surface area (Å²) in [6, 6.07) is 0.255. The molecule has 1 unspecified atom stereocenters. The summed E-state index contributed by atoms with van der Waals surface area (Å²) in [6.45, 7) is 2.04. The minimum Gasteiger partial charge on any atom is -0.341 e. The fraction of sp³-hybridized carbons (Fsp3) is 0.857. The van der Waals surface area contributed by atoms with E-state index in [-0.39, 0.29) is 6.03 Å². The van der Waals surface area contributed by atoms with E-state index >= 15 is 0 Å². The van der Waals surface area contributed by atoms with Gasteiger partial charge in [-0.3, -0.25) is 0 Å². The van der Waals surface area contributed by atoms with Crippen molar-refractivity contribution in [2.75, 3.05) is 27.2 Å². The van der Waals surface area contributed by atoms with Gasteiger partial charge in [-0.25, -0.2) is 4.79 Å². The molecule has 4 nitrogen and oxygen atoms in total. The number of likely N-dealkylation sites (tertiary alicyclic amines) is 1. The second-order valence-corrected chi connectivity index (χ2v) is 2.97. The Labute approximate surface area is 66.9 Å². The van der Waals surface area contributed by atoms with Gasteiger partial charge >= 0.3 is 6.03 Å². The Morgan fingerprint density at radius 2 is 2.36 bits per heavy atom. The number of urea groups is 1. The number of hydrogen-bond donors (Lipinski definition) is 2. The van der Waals surface area contributed by atoms with Gasteiger partial charge in [0.25, 0.3) is 0 Å². The molecule has 64 valence electrons. The van der Waals surface area contributed by atoms with Crippen molar-refractivity contribution in [3.05, 3.63) is 0 Å². The Hall–Kier alpha value is -0.770. The summed E-state index contributed by atoms with van der Waals surface area (Å²) >= 11 is 0. The van der Waals surface area contributed by atoms with Gasteiger partial charge in [0, 0.05) is 19.6 Å². The van der Waals surface area contributed by atoms with Crippen LogP contribution in [0.15, 0.2) is 0 Å². The molecule has 0 aromatic heterocycles. The lowest BCUT2D eigenvalue weighted by atomic mass is 10.3. The van der Waals surface area contributed by atoms with Gasteiger partial charge < -0.3 is 15.5 Å². The molecule has 2 amide bonds. The normalized spacial score (nSPS) is 25.1. The third-order valence-corrected chi connectivity index (χ3v) is 1.95. The zero-order chi connectivity index (χ0) is 8.27. The quantitative estimate of drug-likeness (QED) is 0.545. The lowest BCUT2D eigenvalue weighted by Crippen LogP contribution is -2.41. The minimum absolute atomic E-state index is 0.0784. The second-order valence-electron chi connectivity index (χ2n) is 2.97. The van der Waals surface area contributed by atoms with Crippen molar-refractivity contribution in [1.29, 1.82) is 0 Å². The first-order valence-electron chi connectivity index (χ1n) is 3.89. The highest BCUT2D eigenvalue weighted by Crippen LogP contribution is 2.05. The van der Waals surface area contributed by atoms with E-state index in [4.69, 9.17) is 0 Å². The number of likely N-dealkylation sites (N-methyl/N-ethyl adjacent to an activating group) is 1. The smallest absolute Gasteiger partial charge is 0.314 e. The number of nitrogens with zero attached hydrogens (tertiary/aromatic N) is 1. The van der Waals surface area contributed by atoms with Crippen LogP contribution in [0, 0.1) is 0 Å². The van der Waals surface area contributed by atoms with Crippen LogP contribution in [-0.4, -0.2) is 44.2 Å². The summed E-state index contributed by atoms with van der Waals surface area (Å²) in [5.41, 5.74) is 0. The van der Waals surface area contributed by atoms with Crippen LogP contribution in [0.2, 0.25) is 0 Å². The molecule has 1 rings (SSSR count). The Bertz CT molecular complexity index is 149. The van der Waals surface area contributed by atoms with E-state index in [9.17, 15) is 4.79 Å². The Kier molecular flexibility index (Phi) is 2.70. The molecule has 0 aromatic rings. The molecule has 0 aromatic carbocycles. The van der Waals surface area contributed by atoms with Gasteiger partial charge in [-0.15, -0.1) is 0 Å². The number of hydrogen-bond acceptors (Lipinski definition) is 2. The third kappa shape index (κ3) is 2.38. The van der Waals surface area contributed by atoms with Crippen LogP contribution in [0.5, 0.6) is 0 Å². The number of nitrogens with one attached hydrogen (secondary N) is 2.